The molecular weight excluding hydrogens is 306 g/mol. The predicted octanol–water partition coefficient (Wildman–Crippen LogP) is 0.869. The molecule has 122 valence electrons. The molecule has 0 saturated heterocycles. The smallest absolute Gasteiger partial charge is 0.326 e. The number of hydrogen-bond acceptors (Lipinski definition) is 4. The number of carboxylic acid groups (broad SMARTS) is 1. The zero-order valence-electron chi connectivity index (χ0n) is 12.7. The number of carbonyl (C=O) groups is 2. The Morgan fingerprint density at radius 3 is 2.27 bits per heavy atom. The average Bonchev–Trinajstić information content (AvgIpc) is 2.36. The summed E-state index contributed by atoms with van der Waals surface area (Å²) in [6.07, 6.45) is 0.103. The molecule has 1 aromatic carbocycles. The number of rotatable bonds is 8. The number of nitrogens with one attached hydrogen (secondary N) is 1. The summed E-state index contributed by atoms with van der Waals surface area (Å²) < 4.78 is 23.5. The van der Waals surface area contributed by atoms with E-state index < -0.39 is 33.5 Å². The molecule has 0 bridgehead atoms. The van der Waals surface area contributed by atoms with Crippen LogP contribution in [0.5, 0.6) is 0 Å². The van der Waals surface area contributed by atoms with Crippen LogP contribution in [0.3, 0.4) is 0 Å². The lowest BCUT2D eigenvalue weighted by Gasteiger charge is -2.15. The van der Waals surface area contributed by atoms with Gasteiger partial charge in [-0.3, -0.25) is 4.79 Å². The van der Waals surface area contributed by atoms with Gasteiger partial charge in [-0.05, 0) is 11.5 Å². The molecule has 0 aliphatic heterocycles. The Morgan fingerprint density at radius 1 is 1.18 bits per heavy atom. The topological polar surface area (TPSA) is 101 Å². The first-order chi connectivity index (χ1) is 10.2. The molecule has 0 fully saturated rings. The molecule has 1 rings (SSSR count). The number of aliphatic carboxylic acids is 1. The van der Waals surface area contributed by atoms with Crippen molar-refractivity contribution in [3.05, 3.63) is 35.9 Å². The molecule has 0 unspecified atom stereocenters. The number of carbonyl (C=O) groups excluding carboxylic acids is 1. The van der Waals surface area contributed by atoms with E-state index in [0.29, 0.717) is 0 Å². The monoisotopic (exact) mass is 327 g/mol. The highest BCUT2D eigenvalue weighted by atomic mass is 32.2. The van der Waals surface area contributed by atoms with Crippen molar-refractivity contribution in [1.82, 2.24) is 5.32 Å². The molecule has 0 aliphatic carbocycles. The highest BCUT2D eigenvalue weighted by Crippen LogP contribution is 2.05. The summed E-state index contributed by atoms with van der Waals surface area (Å²) >= 11 is 0. The van der Waals surface area contributed by atoms with Gasteiger partial charge in [0.1, 0.15) is 11.8 Å². The minimum absolute atomic E-state index is 0.0858. The minimum Gasteiger partial charge on any atom is -0.480 e. The molecule has 0 heterocycles. The molecular formula is C15H21NO5S. The summed E-state index contributed by atoms with van der Waals surface area (Å²) in [5, 5.41) is 11.4. The van der Waals surface area contributed by atoms with Crippen LogP contribution in [0.25, 0.3) is 0 Å². The van der Waals surface area contributed by atoms with E-state index in [1.165, 1.54) is 0 Å². The maximum absolute atomic E-state index is 11.8. The van der Waals surface area contributed by atoms with Gasteiger partial charge in [0.05, 0.1) is 5.75 Å². The lowest BCUT2D eigenvalue weighted by molar-refractivity contribution is -0.141. The highest BCUT2D eigenvalue weighted by Gasteiger charge is 2.24. The van der Waals surface area contributed by atoms with Gasteiger partial charge < -0.3 is 10.4 Å². The van der Waals surface area contributed by atoms with E-state index in [0.717, 1.165) is 5.56 Å². The zero-order valence-corrected chi connectivity index (χ0v) is 13.5. The van der Waals surface area contributed by atoms with Crippen molar-refractivity contribution in [2.45, 2.75) is 26.3 Å². The van der Waals surface area contributed by atoms with E-state index in [2.05, 4.69) is 5.32 Å². The van der Waals surface area contributed by atoms with Gasteiger partial charge in [0, 0.05) is 6.42 Å². The van der Waals surface area contributed by atoms with Gasteiger partial charge in [-0.2, -0.15) is 0 Å². The van der Waals surface area contributed by atoms with Crippen molar-refractivity contribution in [1.29, 1.82) is 0 Å². The van der Waals surface area contributed by atoms with Crippen LogP contribution in [0.1, 0.15) is 19.4 Å². The minimum atomic E-state index is -3.53. The number of carboxylic acids is 1. The second-order valence-corrected chi connectivity index (χ2v) is 7.71. The van der Waals surface area contributed by atoms with Crippen molar-refractivity contribution >= 4 is 21.7 Å². The molecule has 1 aromatic rings. The van der Waals surface area contributed by atoms with Crippen molar-refractivity contribution in [3.8, 4) is 0 Å². The van der Waals surface area contributed by atoms with Crippen LogP contribution in [0.4, 0.5) is 0 Å². The molecule has 0 spiro atoms. The van der Waals surface area contributed by atoms with Crippen molar-refractivity contribution in [2.24, 2.45) is 5.92 Å². The van der Waals surface area contributed by atoms with Crippen molar-refractivity contribution in [3.63, 3.8) is 0 Å². The summed E-state index contributed by atoms with van der Waals surface area (Å²) in [6.45, 7) is 3.48. The first kappa shape index (κ1) is 18.2. The van der Waals surface area contributed by atoms with Crippen LogP contribution in [-0.4, -0.2) is 42.9 Å². The lowest BCUT2D eigenvalue weighted by atomic mass is 10.1. The summed E-state index contributed by atoms with van der Waals surface area (Å²) in [5.74, 6) is -2.86. The molecule has 1 amide bonds. The van der Waals surface area contributed by atoms with Crippen LogP contribution in [-0.2, 0) is 25.8 Å². The molecule has 1 atom stereocenters. The predicted molar refractivity (Wildman–Crippen MR) is 83.2 cm³/mol. The van der Waals surface area contributed by atoms with Gasteiger partial charge in [-0.25, -0.2) is 13.2 Å². The summed E-state index contributed by atoms with van der Waals surface area (Å²) in [4.78, 5) is 23.0. The number of amides is 1. The number of hydrogen-bond donors (Lipinski definition) is 2. The highest BCUT2D eigenvalue weighted by molar-refractivity contribution is 7.92. The average molecular weight is 327 g/mol. The number of benzene rings is 1. The SMILES string of the molecule is CC(C)CS(=O)(=O)CC(=O)N[C@@H](Cc1ccccc1)C(=O)O. The molecule has 22 heavy (non-hydrogen) atoms. The molecule has 0 saturated carbocycles. The van der Waals surface area contributed by atoms with Crippen LogP contribution >= 0.6 is 0 Å². The molecule has 0 aliphatic rings. The van der Waals surface area contributed by atoms with Gasteiger partial charge in [0.25, 0.3) is 0 Å². The second kappa shape index (κ2) is 7.93. The summed E-state index contributed by atoms with van der Waals surface area (Å²) in [7, 11) is -3.53. The molecule has 0 radical (unpaired) electrons. The molecule has 2 N–H and O–H groups in total. The van der Waals surface area contributed by atoms with E-state index in [1.807, 2.05) is 0 Å². The van der Waals surface area contributed by atoms with Gasteiger partial charge in [0.2, 0.25) is 5.91 Å². The third-order valence-electron chi connectivity index (χ3n) is 2.85. The third kappa shape index (κ3) is 6.71. The van der Waals surface area contributed by atoms with E-state index in [4.69, 9.17) is 5.11 Å². The van der Waals surface area contributed by atoms with Gasteiger partial charge in [0.15, 0.2) is 9.84 Å². The molecule has 6 nitrogen and oxygen atoms in total. The Balaban J connectivity index is 2.67. The molecule has 0 aromatic heterocycles. The fraction of sp³-hybridized carbons (Fsp3) is 0.467. The van der Waals surface area contributed by atoms with Crippen molar-refractivity contribution in [2.75, 3.05) is 11.5 Å². The largest absolute Gasteiger partial charge is 0.480 e. The van der Waals surface area contributed by atoms with E-state index in [-0.39, 0.29) is 18.1 Å². The first-order valence-electron chi connectivity index (χ1n) is 6.96. The Morgan fingerprint density at radius 2 is 1.77 bits per heavy atom. The third-order valence-corrected chi connectivity index (χ3v) is 4.73. The standard InChI is InChI=1S/C15H21NO5S/c1-11(2)9-22(20,21)10-14(17)16-13(15(18)19)8-12-6-4-3-5-7-12/h3-7,11,13H,8-10H2,1-2H3,(H,16,17)(H,18,19)/t13-/m0/s1. The van der Waals surface area contributed by atoms with E-state index in [9.17, 15) is 18.0 Å². The van der Waals surface area contributed by atoms with Gasteiger partial charge in [-0.1, -0.05) is 44.2 Å². The van der Waals surface area contributed by atoms with Crippen LogP contribution in [0.2, 0.25) is 0 Å². The quantitative estimate of drug-likeness (QED) is 0.738. The van der Waals surface area contributed by atoms with Crippen LogP contribution in [0.15, 0.2) is 30.3 Å². The maximum atomic E-state index is 11.8. The summed E-state index contributed by atoms with van der Waals surface area (Å²) in [6, 6.07) is 7.68. The maximum Gasteiger partial charge on any atom is 0.326 e. The Labute approximate surface area is 130 Å². The zero-order chi connectivity index (χ0) is 16.8. The van der Waals surface area contributed by atoms with E-state index in [1.54, 1.807) is 44.2 Å². The normalized spacial score (nSPS) is 12.9. The Kier molecular flexibility index (Phi) is 6.55. The van der Waals surface area contributed by atoms with Crippen LogP contribution < -0.4 is 5.32 Å². The van der Waals surface area contributed by atoms with Gasteiger partial charge in [-0.15, -0.1) is 0 Å². The van der Waals surface area contributed by atoms with Crippen LogP contribution in [0, 0.1) is 5.92 Å². The fourth-order valence-electron chi connectivity index (χ4n) is 2.05. The Bertz CT molecular complexity index is 610. The lowest BCUT2D eigenvalue weighted by Crippen LogP contribution is -2.45. The number of sulfone groups is 1. The van der Waals surface area contributed by atoms with Crippen molar-refractivity contribution < 1.29 is 23.1 Å². The fourth-order valence-corrected chi connectivity index (χ4v) is 3.67. The summed E-state index contributed by atoms with van der Waals surface area (Å²) in [5.41, 5.74) is 0.750. The molecule has 7 heteroatoms. The second-order valence-electron chi connectivity index (χ2n) is 5.60. The first-order valence-corrected chi connectivity index (χ1v) is 8.78. The van der Waals surface area contributed by atoms with Gasteiger partial charge >= 0.3 is 5.97 Å². The van der Waals surface area contributed by atoms with E-state index >= 15 is 0 Å². The Hall–Kier alpha value is -1.89.